The number of halogens is 3. The molecule has 0 saturated carbocycles. The van der Waals surface area contributed by atoms with Crippen LogP contribution in [0.4, 0.5) is 23.7 Å². The maximum absolute atomic E-state index is 13.0. The fourth-order valence-corrected chi connectivity index (χ4v) is 2.78. The number of hydrogen-bond acceptors (Lipinski definition) is 4. The predicted octanol–water partition coefficient (Wildman–Crippen LogP) is 1.99. The van der Waals surface area contributed by atoms with E-state index in [1.54, 1.807) is 24.3 Å². The molecule has 26 heavy (non-hydrogen) atoms. The summed E-state index contributed by atoms with van der Waals surface area (Å²) in [6.07, 6.45) is -1.69. The van der Waals surface area contributed by atoms with Crippen molar-refractivity contribution >= 4 is 17.7 Å². The number of likely N-dealkylation sites (tertiary alicyclic amines) is 1. The SMILES string of the molecule is O=C(O)[C@@H]1CN(C(=O)Nc2ccc(-n3nccn3)cc2)C[C@H]1C(F)(F)F. The average molecular weight is 369 g/mol. The molecule has 0 bridgehead atoms. The first kappa shape index (κ1) is 17.7. The summed E-state index contributed by atoms with van der Waals surface area (Å²) in [5.41, 5.74) is 0.991. The lowest BCUT2D eigenvalue weighted by molar-refractivity contribution is -0.187. The second-order valence-corrected chi connectivity index (χ2v) is 5.79. The molecule has 0 radical (unpaired) electrons. The van der Waals surface area contributed by atoms with Crippen LogP contribution in [0.1, 0.15) is 0 Å². The minimum atomic E-state index is -4.68. The highest BCUT2D eigenvalue weighted by molar-refractivity contribution is 5.90. The summed E-state index contributed by atoms with van der Waals surface area (Å²) in [6, 6.07) is 5.55. The molecule has 8 nitrogen and oxygen atoms in total. The number of nitrogens with one attached hydrogen (secondary N) is 1. The molecule has 1 fully saturated rings. The first-order chi connectivity index (χ1) is 12.3. The molecule has 1 aliphatic rings. The van der Waals surface area contributed by atoms with E-state index in [-0.39, 0.29) is 0 Å². The Morgan fingerprint density at radius 1 is 1.12 bits per heavy atom. The van der Waals surface area contributed by atoms with Gasteiger partial charge in [0.25, 0.3) is 0 Å². The number of carboxylic acid groups (broad SMARTS) is 1. The first-order valence-electron chi connectivity index (χ1n) is 7.58. The van der Waals surface area contributed by atoms with E-state index < -0.39 is 43.1 Å². The zero-order chi connectivity index (χ0) is 18.9. The van der Waals surface area contributed by atoms with Crippen LogP contribution in [0, 0.1) is 11.8 Å². The number of carbonyl (C=O) groups is 2. The van der Waals surface area contributed by atoms with Gasteiger partial charge in [0.15, 0.2) is 0 Å². The number of hydrogen-bond donors (Lipinski definition) is 2. The van der Waals surface area contributed by atoms with E-state index in [2.05, 4.69) is 15.5 Å². The van der Waals surface area contributed by atoms with E-state index in [1.165, 1.54) is 17.2 Å². The van der Waals surface area contributed by atoms with Gasteiger partial charge in [-0.05, 0) is 24.3 Å². The summed E-state index contributed by atoms with van der Waals surface area (Å²) in [5, 5.41) is 19.3. The molecule has 2 amide bonds. The van der Waals surface area contributed by atoms with Gasteiger partial charge in [-0.25, -0.2) is 4.79 Å². The van der Waals surface area contributed by atoms with Crippen LogP contribution in [0.2, 0.25) is 0 Å². The number of benzene rings is 1. The van der Waals surface area contributed by atoms with Crippen molar-refractivity contribution in [1.82, 2.24) is 19.9 Å². The van der Waals surface area contributed by atoms with Crippen LogP contribution in [0.25, 0.3) is 5.69 Å². The number of nitrogens with zero attached hydrogens (tertiary/aromatic N) is 4. The van der Waals surface area contributed by atoms with Crippen molar-refractivity contribution in [3.8, 4) is 5.69 Å². The Hall–Kier alpha value is -3.11. The van der Waals surface area contributed by atoms with Gasteiger partial charge in [-0.15, -0.1) is 0 Å². The second kappa shape index (κ2) is 6.65. The van der Waals surface area contributed by atoms with Gasteiger partial charge in [0.2, 0.25) is 0 Å². The van der Waals surface area contributed by atoms with E-state index in [0.717, 1.165) is 4.90 Å². The Kier molecular flexibility index (Phi) is 4.53. The highest BCUT2D eigenvalue weighted by Gasteiger charge is 2.53. The molecule has 138 valence electrons. The number of aliphatic carboxylic acids is 1. The normalized spacial score (nSPS) is 20.2. The third-order valence-electron chi connectivity index (χ3n) is 4.11. The zero-order valence-corrected chi connectivity index (χ0v) is 13.2. The number of urea groups is 1. The highest BCUT2D eigenvalue weighted by atomic mass is 19.4. The van der Waals surface area contributed by atoms with Crippen LogP contribution in [0.15, 0.2) is 36.7 Å². The van der Waals surface area contributed by atoms with Crippen LogP contribution in [0.3, 0.4) is 0 Å². The third kappa shape index (κ3) is 3.60. The van der Waals surface area contributed by atoms with E-state index in [1.807, 2.05) is 0 Å². The zero-order valence-electron chi connectivity index (χ0n) is 13.2. The number of alkyl halides is 3. The number of rotatable bonds is 3. The maximum Gasteiger partial charge on any atom is 0.394 e. The van der Waals surface area contributed by atoms with Gasteiger partial charge in [-0.2, -0.15) is 28.2 Å². The molecular formula is C15H14F3N5O3. The molecule has 1 aromatic heterocycles. The molecular weight excluding hydrogens is 355 g/mol. The van der Waals surface area contributed by atoms with E-state index in [4.69, 9.17) is 5.11 Å². The lowest BCUT2D eigenvalue weighted by Crippen LogP contribution is -2.35. The Bertz CT molecular complexity index is 792. The predicted molar refractivity (Wildman–Crippen MR) is 82.6 cm³/mol. The summed E-state index contributed by atoms with van der Waals surface area (Å²) < 4.78 is 38.9. The lowest BCUT2D eigenvalue weighted by Gasteiger charge is -2.18. The molecule has 2 heterocycles. The summed E-state index contributed by atoms with van der Waals surface area (Å²) in [4.78, 5) is 25.5. The smallest absolute Gasteiger partial charge is 0.394 e. The molecule has 2 atom stereocenters. The first-order valence-corrected chi connectivity index (χ1v) is 7.58. The maximum atomic E-state index is 13.0. The summed E-state index contributed by atoms with van der Waals surface area (Å²) in [7, 11) is 0. The van der Waals surface area contributed by atoms with Gasteiger partial charge >= 0.3 is 18.2 Å². The molecule has 1 aliphatic heterocycles. The number of anilines is 1. The molecule has 3 rings (SSSR count). The van der Waals surface area contributed by atoms with E-state index >= 15 is 0 Å². The molecule has 1 saturated heterocycles. The van der Waals surface area contributed by atoms with Crippen molar-refractivity contribution < 1.29 is 27.9 Å². The lowest BCUT2D eigenvalue weighted by atomic mass is 9.96. The molecule has 0 aliphatic carbocycles. The Morgan fingerprint density at radius 2 is 1.73 bits per heavy atom. The Morgan fingerprint density at radius 3 is 2.23 bits per heavy atom. The Balaban J connectivity index is 1.67. The standard InChI is InChI=1S/C15H14F3N5O3/c16-15(17,18)12-8-22(7-11(12)13(24)25)14(26)21-9-1-3-10(4-2-9)23-19-5-6-20-23/h1-6,11-12H,7-8H2,(H,21,26)(H,24,25)/t11-,12-/m1/s1. The fraction of sp³-hybridized carbons (Fsp3) is 0.333. The molecule has 2 N–H and O–H groups in total. The largest absolute Gasteiger partial charge is 0.481 e. The van der Waals surface area contributed by atoms with Crippen molar-refractivity contribution in [2.45, 2.75) is 6.18 Å². The molecule has 2 aromatic rings. The topological polar surface area (TPSA) is 100 Å². The molecule has 11 heteroatoms. The van der Waals surface area contributed by atoms with Crippen LogP contribution >= 0.6 is 0 Å². The summed E-state index contributed by atoms with van der Waals surface area (Å²) in [6.45, 7) is -1.19. The molecule has 0 spiro atoms. The van der Waals surface area contributed by atoms with Crippen molar-refractivity contribution in [3.05, 3.63) is 36.7 Å². The quantitative estimate of drug-likeness (QED) is 0.862. The van der Waals surface area contributed by atoms with Gasteiger partial charge in [0.05, 0.1) is 29.9 Å². The third-order valence-corrected chi connectivity index (χ3v) is 4.11. The van der Waals surface area contributed by atoms with E-state index in [0.29, 0.717) is 11.4 Å². The van der Waals surface area contributed by atoms with Gasteiger partial charge in [-0.1, -0.05) is 0 Å². The molecule has 0 unspecified atom stereocenters. The van der Waals surface area contributed by atoms with Gasteiger partial charge in [0.1, 0.15) is 0 Å². The monoisotopic (exact) mass is 369 g/mol. The van der Waals surface area contributed by atoms with Crippen LogP contribution in [0.5, 0.6) is 0 Å². The fourth-order valence-electron chi connectivity index (χ4n) is 2.78. The number of carboxylic acids is 1. The highest BCUT2D eigenvalue weighted by Crippen LogP contribution is 2.37. The van der Waals surface area contributed by atoms with Gasteiger partial charge < -0.3 is 15.3 Å². The molecule has 1 aromatic carbocycles. The Labute approximate surface area is 145 Å². The van der Waals surface area contributed by atoms with Gasteiger partial charge in [0, 0.05) is 18.8 Å². The van der Waals surface area contributed by atoms with Crippen LogP contribution in [-0.4, -0.2) is 56.3 Å². The summed E-state index contributed by atoms with van der Waals surface area (Å²) >= 11 is 0. The van der Waals surface area contributed by atoms with E-state index in [9.17, 15) is 22.8 Å². The minimum absolute atomic E-state index is 0.355. The van der Waals surface area contributed by atoms with Gasteiger partial charge in [-0.3, -0.25) is 4.79 Å². The summed E-state index contributed by atoms with van der Waals surface area (Å²) in [5.74, 6) is -5.33. The second-order valence-electron chi connectivity index (χ2n) is 5.79. The number of amides is 2. The van der Waals surface area contributed by atoms with Crippen molar-refractivity contribution in [1.29, 1.82) is 0 Å². The number of aromatic nitrogens is 3. The van der Waals surface area contributed by atoms with Crippen LogP contribution < -0.4 is 5.32 Å². The van der Waals surface area contributed by atoms with Crippen molar-refractivity contribution in [3.63, 3.8) is 0 Å². The van der Waals surface area contributed by atoms with Crippen molar-refractivity contribution in [2.24, 2.45) is 11.8 Å². The average Bonchev–Trinajstić information content (AvgIpc) is 3.25. The minimum Gasteiger partial charge on any atom is -0.481 e. The van der Waals surface area contributed by atoms with Crippen LogP contribution in [-0.2, 0) is 4.79 Å². The number of carbonyl (C=O) groups excluding carboxylic acids is 1. The van der Waals surface area contributed by atoms with Crippen molar-refractivity contribution in [2.75, 3.05) is 18.4 Å².